The Morgan fingerprint density at radius 2 is 1.49 bits per heavy atom. The van der Waals surface area contributed by atoms with Crippen molar-refractivity contribution in [1.82, 2.24) is 0 Å². The lowest BCUT2D eigenvalue weighted by atomic mass is 9.83. The number of fused-ring (bicyclic) bond motifs is 1. The van der Waals surface area contributed by atoms with Crippen molar-refractivity contribution in [3.05, 3.63) is 70.8 Å². The average molecular weight is 537 g/mol. The number of aliphatic hydroxyl groups is 1. The first kappa shape index (κ1) is 26.5. The molecule has 39 heavy (non-hydrogen) atoms. The van der Waals surface area contributed by atoms with E-state index in [1.54, 1.807) is 31.4 Å². The number of esters is 1. The quantitative estimate of drug-likeness (QED) is 0.349. The van der Waals surface area contributed by atoms with Gasteiger partial charge < -0.3 is 39.0 Å². The summed E-state index contributed by atoms with van der Waals surface area (Å²) in [6.45, 7) is 0.131. The Kier molecular flexibility index (Phi) is 7.43. The number of rotatable bonds is 9. The number of aliphatic hydroxyl groups excluding tert-OH is 1. The first-order chi connectivity index (χ1) is 18.9. The maximum Gasteiger partial charge on any atom is 0.309 e. The van der Waals surface area contributed by atoms with Gasteiger partial charge in [0.15, 0.2) is 34.5 Å². The third-order valence-corrected chi connectivity index (χ3v) is 7.61. The number of phenols is 2. The fourth-order valence-electron chi connectivity index (χ4n) is 5.55. The molecule has 0 radical (unpaired) electrons. The molecule has 3 N–H and O–H groups in total. The number of cyclic esters (lactones) is 1. The third-order valence-electron chi connectivity index (χ3n) is 7.61. The number of aromatic hydroxyl groups is 2. The molecule has 0 spiro atoms. The number of benzene rings is 3. The molecule has 206 valence electrons. The topological polar surface area (TPSA) is 124 Å². The van der Waals surface area contributed by atoms with E-state index in [9.17, 15) is 20.1 Å². The van der Waals surface area contributed by atoms with Crippen molar-refractivity contribution >= 4 is 5.97 Å². The zero-order chi connectivity index (χ0) is 27.7. The van der Waals surface area contributed by atoms with E-state index in [2.05, 4.69) is 0 Å². The van der Waals surface area contributed by atoms with Crippen molar-refractivity contribution in [1.29, 1.82) is 0 Å². The number of carbonyl (C=O) groups excluding carboxylic acids is 1. The van der Waals surface area contributed by atoms with Crippen LogP contribution in [0.2, 0.25) is 0 Å². The molecule has 2 aliphatic rings. The van der Waals surface area contributed by atoms with Gasteiger partial charge in [-0.25, -0.2) is 0 Å². The van der Waals surface area contributed by atoms with E-state index >= 15 is 0 Å². The third kappa shape index (κ3) is 5.02. The molecule has 0 aliphatic carbocycles. The summed E-state index contributed by atoms with van der Waals surface area (Å²) in [5.74, 6) is 0.745. The maximum absolute atomic E-state index is 12.8. The summed E-state index contributed by atoms with van der Waals surface area (Å²) in [5, 5.41) is 30.3. The summed E-state index contributed by atoms with van der Waals surface area (Å²) < 4.78 is 27.9. The van der Waals surface area contributed by atoms with Gasteiger partial charge in [0, 0.05) is 11.5 Å². The summed E-state index contributed by atoms with van der Waals surface area (Å²) in [6, 6.07) is 14.0. The minimum absolute atomic E-state index is 0.0147. The summed E-state index contributed by atoms with van der Waals surface area (Å²) >= 11 is 0. The highest BCUT2D eigenvalue weighted by molar-refractivity contribution is 5.75. The van der Waals surface area contributed by atoms with E-state index in [1.807, 2.05) is 18.2 Å². The van der Waals surface area contributed by atoms with Crippen molar-refractivity contribution in [3.8, 4) is 34.5 Å². The van der Waals surface area contributed by atoms with E-state index in [0.717, 1.165) is 22.3 Å². The second-order valence-corrected chi connectivity index (χ2v) is 9.89. The van der Waals surface area contributed by atoms with E-state index in [-0.39, 0.29) is 41.8 Å². The highest BCUT2D eigenvalue weighted by Gasteiger charge is 2.40. The molecule has 3 aromatic carbocycles. The standard InChI is InChI=1S/C30H32O9/c1-35-25-11-16(4-6-23(25)32)8-19-15-38-30(34)20(19)9-17-10-21-22(14-31)28(39-29(21)27(12-17)37-3)18-5-7-24(33)26(13-18)36-2/h4-7,10-13,19-20,22,28,31-33H,8-9,14-15H2,1-3H3/t19-,20+,22-,28+/m0/s1. The molecule has 0 unspecified atom stereocenters. The predicted octanol–water partition coefficient (Wildman–Crippen LogP) is 3.91. The van der Waals surface area contributed by atoms with Gasteiger partial charge in [-0.3, -0.25) is 4.79 Å². The van der Waals surface area contributed by atoms with Gasteiger partial charge in [-0.1, -0.05) is 18.2 Å². The molecule has 3 aromatic rings. The number of carbonyl (C=O) groups is 1. The van der Waals surface area contributed by atoms with Crippen molar-refractivity contribution in [2.45, 2.75) is 24.9 Å². The van der Waals surface area contributed by atoms with Crippen LogP contribution >= 0.6 is 0 Å². The first-order valence-electron chi connectivity index (χ1n) is 12.7. The Morgan fingerprint density at radius 3 is 2.18 bits per heavy atom. The highest BCUT2D eigenvalue weighted by Crippen LogP contribution is 2.51. The lowest BCUT2D eigenvalue weighted by Gasteiger charge is -2.19. The van der Waals surface area contributed by atoms with Crippen molar-refractivity contribution < 1.29 is 43.8 Å². The normalized spacial score (nSPS) is 21.7. The SMILES string of the molecule is COc1cc(C[C@H]2COC(=O)[C@@H]2Cc2cc(OC)c3c(c2)[C@H](CO)[C@@H](c2ccc(O)c(OC)c2)O3)ccc1O. The molecule has 1 fully saturated rings. The Bertz CT molecular complexity index is 1370. The van der Waals surface area contributed by atoms with Crippen molar-refractivity contribution in [2.75, 3.05) is 34.5 Å². The second kappa shape index (κ2) is 10.9. The van der Waals surface area contributed by atoms with Gasteiger partial charge in [0.05, 0.1) is 46.4 Å². The van der Waals surface area contributed by atoms with Crippen LogP contribution in [0.4, 0.5) is 0 Å². The monoisotopic (exact) mass is 536 g/mol. The Labute approximate surface area is 226 Å². The smallest absolute Gasteiger partial charge is 0.309 e. The Morgan fingerprint density at radius 1 is 0.821 bits per heavy atom. The fraction of sp³-hybridized carbons (Fsp3) is 0.367. The van der Waals surface area contributed by atoms with Crippen molar-refractivity contribution in [2.24, 2.45) is 11.8 Å². The van der Waals surface area contributed by atoms with E-state index in [0.29, 0.717) is 42.4 Å². The van der Waals surface area contributed by atoms with Crippen LogP contribution < -0.4 is 18.9 Å². The summed E-state index contributed by atoms with van der Waals surface area (Å²) in [7, 11) is 4.52. The summed E-state index contributed by atoms with van der Waals surface area (Å²) in [5.41, 5.74) is 3.33. The fourth-order valence-corrected chi connectivity index (χ4v) is 5.55. The molecule has 2 aliphatic heterocycles. The Hall–Kier alpha value is -4.11. The summed E-state index contributed by atoms with van der Waals surface area (Å²) in [4.78, 5) is 12.8. The molecule has 0 saturated carbocycles. The van der Waals surface area contributed by atoms with Gasteiger partial charge >= 0.3 is 5.97 Å². The lowest BCUT2D eigenvalue weighted by molar-refractivity contribution is -0.141. The second-order valence-electron chi connectivity index (χ2n) is 9.89. The summed E-state index contributed by atoms with van der Waals surface area (Å²) in [6.07, 6.45) is 0.498. The van der Waals surface area contributed by atoms with Crippen LogP contribution in [-0.4, -0.2) is 55.8 Å². The average Bonchev–Trinajstić information content (AvgIpc) is 3.49. The highest BCUT2D eigenvalue weighted by atomic mass is 16.5. The number of phenolic OH excluding ortho intramolecular Hbond substituents is 2. The first-order valence-corrected chi connectivity index (χ1v) is 12.7. The van der Waals surface area contributed by atoms with Crippen LogP contribution in [0, 0.1) is 11.8 Å². The molecule has 0 bridgehead atoms. The van der Waals surface area contributed by atoms with Gasteiger partial charge in [-0.15, -0.1) is 0 Å². The molecule has 9 nitrogen and oxygen atoms in total. The van der Waals surface area contributed by atoms with Crippen LogP contribution in [0.3, 0.4) is 0 Å². The molecule has 0 amide bonds. The van der Waals surface area contributed by atoms with Crippen LogP contribution in [0.1, 0.15) is 34.3 Å². The van der Waals surface area contributed by atoms with E-state index < -0.39 is 6.10 Å². The van der Waals surface area contributed by atoms with Crippen molar-refractivity contribution in [3.63, 3.8) is 0 Å². The molecular weight excluding hydrogens is 504 g/mol. The molecule has 0 aromatic heterocycles. The number of hydrogen-bond donors (Lipinski definition) is 3. The van der Waals surface area contributed by atoms with Crippen LogP contribution in [0.5, 0.6) is 34.5 Å². The largest absolute Gasteiger partial charge is 0.504 e. The predicted molar refractivity (Wildman–Crippen MR) is 141 cm³/mol. The molecule has 9 heteroatoms. The minimum atomic E-state index is -0.516. The Balaban J connectivity index is 1.42. The van der Waals surface area contributed by atoms with Gasteiger partial charge in [-0.2, -0.15) is 0 Å². The zero-order valence-corrected chi connectivity index (χ0v) is 22.0. The number of ether oxygens (including phenoxy) is 5. The molecule has 1 saturated heterocycles. The lowest BCUT2D eigenvalue weighted by Crippen LogP contribution is -2.21. The van der Waals surface area contributed by atoms with E-state index in [1.165, 1.54) is 20.3 Å². The number of hydrogen-bond acceptors (Lipinski definition) is 9. The van der Waals surface area contributed by atoms with Gasteiger partial charge in [0.25, 0.3) is 0 Å². The molecular formula is C30H32O9. The van der Waals surface area contributed by atoms with Crippen LogP contribution in [-0.2, 0) is 22.4 Å². The van der Waals surface area contributed by atoms with E-state index in [4.69, 9.17) is 23.7 Å². The van der Waals surface area contributed by atoms with Gasteiger partial charge in [0.2, 0.25) is 0 Å². The minimum Gasteiger partial charge on any atom is -0.504 e. The van der Waals surface area contributed by atoms with Crippen LogP contribution in [0.15, 0.2) is 48.5 Å². The van der Waals surface area contributed by atoms with Crippen LogP contribution in [0.25, 0.3) is 0 Å². The molecule has 4 atom stereocenters. The molecule has 2 heterocycles. The zero-order valence-electron chi connectivity index (χ0n) is 22.0. The van der Waals surface area contributed by atoms with Gasteiger partial charge in [-0.05, 0) is 59.9 Å². The van der Waals surface area contributed by atoms with Gasteiger partial charge in [0.1, 0.15) is 6.10 Å². The number of methoxy groups -OCH3 is 3. The molecule has 5 rings (SSSR count). The maximum atomic E-state index is 12.8.